The standard InChI is InChI=1S/C30H28N2O5/c1-18-24(27(34)29(37-4)28(36-3)26(18)33)16-20-10-11-23(22-12-14-31-15-13-22)25(17-20)30(35)32-19(2)21-8-6-5-7-9-21/h5-15,17,19H,16H2,1-4H3,(H,32,35). The Balaban J connectivity index is 1.71. The van der Waals surface area contributed by atoms with E-state index in [4.69, 9.17) is 9.47 Å². The maximum Gasteiger partial charge on any atom is 0.252 e. The number of benzene rings is 2. The zero-order valence-electron chi connectivity index (χ0n) is 21.2. The van der Waals surface area contributed by atoms with Crippen molar-refractivity contribution in [3.8, 4) is 11.1 Å². The minimum atomic E-state index is -0.404. The highest BCUT2D eigenvalue weighted by molar-refractivity contribution is 6.23. The minimum Gasteiger partial charge on any atom is -0.489 e. The number of allylic oxidation sites excluding steroid dienone is 2. The van der Waals surface area contributed by atoms with E-state index in [-0.39, 0.29) is 29.9 Å². The number of amides is 1. The Bertz CT molecular complexity index is 1410. The van der Waals surface area contributed by atoms with E-state index in [1.807, 2.05) is 61.5 Å². The van der Waals surface area contributed by atoms with Gasteiger partial charge in [-0.25, -0.2) is 0 Å². The van der Waals surface area contributed by atoms with Crippen LogP contribution in [0.5, 0.6) is 0 Å². The second-order valence-corrected chi connectivity index (χ2v) is 8.73. The normalized spacial score (nSPS) is 14.5. The zero-order valence-corrected chi connectivity index (χ0v) is 21.2. The Kier molecular flexibility index (Phi) is 7.63. The Morgan fingerprint density at radius 1 is 0.919 bits per heavy atom. The molecule has 0 aliphatic heterocycles. The van der Waals surface area contributed by atoms with Crippen LogP contribution in [0, 0.1) is 0 Å². The molecule has 0 saturated heterocycles. The molecule has 37 heavy (non-hydrogen) atoms. The summed E-state index contributed by atoms with van der Waals surface area (Å²) in [6, 6.07) is 18.6. The lowest BCUT2D eigenvalue weighted by Crippen LogP contribution is -2.27. The van der Waals surface area contributed by atoms with Crippen LogP contribution in [-0.2, 0) is 25.5 Å². The van der Waals surface area contributed by atoms with Gasteiger partial charge in [0.2, 0.25) is 23.1 Å². The predicted molar refractivity (Wildman–Crippen MR) is 139 cm³/mol. The van der Waals surface area contributed by atoms with Crippen LogP contribution >= 0.6 is 0 Å². The molecule has 0 saturated carbocycles. The van der Waals surface area contributed by atoms with Crippen LogP contribution in [0.4, 0.5) is 0 Å². The highest BCUT2D eigenvalue weighted by atomic mass is 16.5. The predicted octanol–water partition coefficient (Wildman–Crippen LogP) is 4.75. The van der Waals surface area contributed by atoms with Gasteiger partial charge in [-0.1, -0.05) is 42.5 Å². The Hall–Kier alpha value is -4.52. The van der Waals surface area contributed by atoms with Crippen molar-refractivity contribution in [3.05, 3.63) is 112 Å². The number of hydrogen-bond acceptors (Lipinski definition) is 6. The van der Waals surface area contributed by atoms with Gasteiger partial charge in [-0.3, -0.25) is 19.4 Å². The molecule has 1 unspecified atom stereocenters. The molecule has 7 nitrogen and oxygen atoms in total. The topological polar surface area (TPSA) is 94.6 Å². The van der Waals surface area contributed by atoms with Crippen LogP contribution in [0.25, 0.3) is 11.1 Å². The number of aromatic nitrogens is 1. The molecular weight excluding hydrogens is 468 g/mol. The lowest BCUT2D eigenvalue weighted by molar-refractivity contribution is -0.121. The SMILES string of the molecule is COC1=C(OC)C(=O)C(Cc2ccc(-c3ccncc3)c(C(=O)NC(C)c3ccccc3)c2)=C(C)C1=O. The number of hydrogen-bond donors (Lipinski definition) is 1. The van der Waals surface area contributed by atoms with Crippen LogP contribution in [0.2, 0.25) is 0 Å². The van der Waals surface area contributed by atoms with Crippen LogP contribution < -0.4 is 5.32 Å². The number of methoxy groups -OCH3 is 2. The average molecular weight is 497 g/mol. The molecule has 1 aromatic heterocycles. The summed E-state index contributed by atoms with van der Waals surface area (Å²) in [7, 11) is 2.66. The average Bonchev–Trinajstić information content (AvgIpc) is 2.93. The Morgan fingerprint density at radius 2 is 1.57 bits per heavy atom. The number of Topliss-reactive ketones (excluding diaryl/α,β-unsaturated/α-hetero) is 2. The number of carbonyl (C=O) groups is 3. The second kappa shape index (κ2) is 11.0. The molecule has 0 radical (unpaired) electrons. The summed E-state index contributed by atoms with van der Waals surface area (Å²) >= 11 is 0. The van der Waals surface area contributed by atoms with Gasteiger partial charge in [-0.15, -0.1) is 0 Å². The zero-order chi connectivity index (χ0) is 26.5. The number of pyridine rings is 1. The number of ketones is 2. The van der Waals surface area contributed by atoms with E-state index in [0.29, 0.717) is 22.3 Å². The summed E-state index contributed by atoms with van der Waals surface area (Å²) < 4.78 is 10.3. The first-order chi connectivity index (χ1) is 17.8. The van der Waals surface area contributed by atoms with E-state index in [2.05, 4.69) is 10.3 Å². The molecule has 3 aromatic rings. The number of ether oxygens (including phenoxy) is 2. The van der Waals surface area contributed by atoms with E-state index in [1.54, 1.807) is 25.4 Å². The molecule has 0 fully saturated rings. The number of rotatable bonds is 8. The number of carbonyl (C=O) groups excluding carboxylic acids is 3. The third kappa shape index (κ3) is 5.21. The highest BCUT2D eigenvalue weighted by Crippen LogP contribution is 2.30. The van der Waals surface area contributed by atoms with Crippen molar-refractivity contribution < 1.29 is 23.9 Å². The lowest BCUT2D eigenvalue weighted by atomic mass is 9.87. The van der Waals surface area contributed by atoms with Crippen molar-refractivity contribution in [2.45, 2.75) is 26.3 Å². The van der Waals surface area contributed by atoms with Crippen molar-refractivity contribution >= 4 is 17.5 Å². The third-order valence-electron chi connectivity index (χ3n) is 6.44. The van der Waals surface area contributed by atoms with Crippen LogP contribution in [0.15, 0.2) is 95.7 Å². The van der Waals surface area contributed by atoms with Crippen LogP contribution in [-0.4, -0.2) is 36.7 Å². The first-order valence-corrected chi connectivity index (χ1v) is 11.9. The molecule has 1 N–H and O–H groups in total. The van der Waals surface area contributed by atoms with Gasteiger partial charge in [-0.2, -0.15) is 0 Å². The Labute approximate surface area is 215 Å². The summed E-state index contributed by atoms with van der Waals surface area (Å²) in [6.45, 7) is 3.52. The lowest BCUT2D eigenvalue weighted by Gasteiger charge is -2.21. The number of nitrogens with one attached hydrogen (secondary N) is 1. The summed E-state index contributed by atoms with van der Waals surface area (Å²) in [5.74, 6) is -1.26. The number of nitrogens with zero attached hydrogens (tertiary/aromatic N) is 1. The maximum absolute atomic E-state index is 13.5. The molecule has 1 heterocycles. The fraction of sp³-hybridized carbons (Fsp3) is 0.200. The summed E-state index contributed by atoms with van der Waals surface area (Å²) in [6.07, 6.45) is 3.50. The molecule has 1 atom stereocenters. The van der Waals surface area contributed by atoms with Crippen molar-refractivity contribution in [2.24, 2.45) is 0 Å². The fourth-order valence-electron chi connectivity index (χ4n) is 4.38. The highest BCUT2D eigenvalue weighted by Gasteiger charge is 2.34. The van der Waals surface area contributed by atoms with Crippen molar-refractivity contribution in [1.82, 2.24) is 10.3 Å². The van der Waals surface area contributed by atoms with Crippen molar-refractivity contribution in [3.63, 3.8) is 0 Å². The van der Waals surface area contributed by atoms with Gasteiger partial charge in [0.15, 0.2) is 0 Å². The molecule has 7 heteroatoms. The quantitative estimate of drug-likeness (QED) is 0.452. The smallest absolute Gasteiger partial charge is 0.252 e. The molecule has 1 amide bonds. The van der Waals surface area contributed by atoms with Gasteiger partial charge in [0.05, 0.1) is 20.3 Å². The third-order valence-corrected chi connectivity index (χ3v) is 6.44. The van der Waals surface area contributed by atoms with E-state index in [0.717, 1.165) is 16.7 Å². The molecule has 1 aliphatic carbocycles. The van der Waals surface area contributed by atoms with Crippen molar-refractivity contribution in [2.75, 3.05) is 14.2 Å². The molecule has 2 aromatic carbocycles. The maximum atomic E-state index is 13.5. The first-order valence-electron chi connectivity index (χ1n) is 11.9. The van der Waals surface area contributed by atoms with Gasteiger partial charge < -0.3 is 14.8 Å². The van der Waals surface area contributed by atoms with Gasteiger partial charge in [-0.05, 0) is 54.3 Å². The monoisotopic (exact) mass is 496 g/mol. The van der Waals surface area contributed by atoms with Gasteiger partial charge in [0.1, 0.15) is 0 Å². The van der Waals surface area contributed by atoms with Gasteiger partial charge in [0, 0.05) is 35.5 Å². The molecule has 4 rings (SSSR count). The summed E-state index contributed by atoms with van der Waals surface area (Å²) in [4.78, 5) is 43.5. The molecular formula is C30H28N2O5. The van der Waals surface area contributed by atoms with E-state index < -0.39 is 11.6 Å². The molecule has 188 valence electrons. The minimum absolute atomic E-state index is 0.100. The molecule has 0 spiro atoms. The van der Waals surface area contributed by atoms with Gasteiger partial charge in [0.25, 0.3) is 5.91 Å². The van der Waals surface area contributed by atoms with Crippen molar-refractivity contribution in [1.29, 1.82) is 0 Å². The summed E-state index contributed by atoms with van der Waals surface area (Å²) in [5.41, 5.74) is 4.33. The van der Waals surface area contributed by atoms with Crippen LogP contribution in [0.1, 0.15) is 41.4 Å². The largest absolute Gasteiger partial charge is 0.489 e. The first kappa shape index (κ1) is 25.6. The Morgan fingerprint density at radius 3 is 2.22 bits per heavy atom. The second-order valence-electron chi connectivity index (χ2n) is 8.73. The van der Waals surface area contributed by atoms with E-state index >= 15 is 0 Å². The molecule has 0 bridgehead atoms. The molecule has 1 aliphatic rings. The fourth-order valence-corrected chi connectivity index (χ4v) is 4.38. The van der Waals surface area contributed by atoms with Crippen LogP contribution in [0.3, 0.4) is 0 Å². The van der Waals surface area contributed by atoms with E-state index in [9.17, 15) is 14.4 Å². The van der Waals surface area contributed by atoms with Gasteiger partial charge >= 0.3 is 0 Å². The summed E-state index contributed by atoms with van der Waals surface area (Å²) in [5, 5.41) is 3.08. The van der Waals surface area contributed by atoms with E-state index in [1.165, 1.54) is 14.2 Å².